The van der Waals surface area contributed by atoms with Crippen molar-refractivity contribution in [1.29, 1.82) is 0 Å². The van der Waals surface area contributed by atoms with Crippen molar-refractivity contribution < 1.29 is 9.59 Å². The number of piperidine rings is 2. The second-order valence-corrected chi connectivity index (χ2v) is 6.22. The van der Waals surface area contributed by atoms with Gasteiger partial charge in [-0.05, 0) is 31.2 Å². The molecule has 7 nitrogen and oxygen atoms in total. The van der Waals surface area contributed by atoms with Crippen LogP contribution in [-0.2, 0) is 16.0 Å². The minimum Gasteiger partial charge on any atom is -0.338 e. The number of amides is 2. The summed E-state index contributed by atoms with van der Waals surface area (Å²) < 4.78 is 0. The first-order chi connectivity index (χ1) is 11.1. The standard InChI is InChI=1S/C16H23N5O2/c1-2-11-9-18-16(19-10-11)21-7-5-12(8-14(21)22)20-6-3-4-13(17)15(20)23/h9-10,12-13H,2-8,17H2,1H3. The van der Waals surface area contributed by atoms with Crippen LogP contribution in [0.25, 0.3) is 0 Å². The SMILES string of the molecule is CCc1cnc(N2CCC(N3CCCC(N)C3=O)CC2=O)nc1. The maximum Gasteiger partial charge on any atom is 0.239 e. The smallest absolute Gasteiger partial charge is 0.239 e. The fourth-order valence-electron chi connectivity index (χ4n) is 3.25. The molecule has 3 rings (SSSR count). The van der Waals surface area contributed by atoms with Crippen molar-refractivity contribution in [1.82, 2.24) is 14.9 Å². The van der Waals surface area contributed by atoms with E-state index in [1.807, 2.05) is 6.92 Å². The van der Waals surface area contributed by atoms with Crippen LogP contribution in [0.1, 0.15) is 38.2 Å². The summed E-state index contributed by atoms with van der Waals surface area (Å²) >= 11 is 0. The molecule has 1 aromatic rings. The maximum atomic E-state index is 12.5. The average Bonchev–Trinajstić information content (AvgIpc) is 2.57. The minimum absolute atomic E-state index is 0.0222. The third-order valence-corrected chi connectivity index (χ3v) is 4.69. The Bertz CT molecular complexity index is 589. The number of carbonyl (C=O) groups is 2. The van der Waals surface area contributed by atoms with Gasteiger partial charge in [-0.3, -0.25) is 14.5 Å². The van der Waals surface area contributed by atoms with Gasteiger partial charge in [0.15, 0.2) is 0 Å². The lowest BCUT2D eigenvalue weighted by molar-refractivity contribution is -0.139. The topological polar surface area (TPSA) is 92.4 Å². The molecule has 1 aromatic heterocycles. The fourth-order valence-corrected chi connectivity index (χ4v) is 3.25. The van der Waals surface area contributed by atoms with Crippen LogP contribution in [0.3, 0.4) is 0 Å². The molecule has 124 valence electrons. The summed E-state index contributed by atoms with van der Waals surface area (Å²) in [6.45, 7) is 3.27. The summed E-state index contributed by atoms with van der Waals surface area (Å²) in [6.07, 6.45) is 7.08. The minimum atomic E-state index is -0.415. The van der Waals surface area contributed by atoms with E-state index in [4.69, 9.17) is 5.73 Å². The van der Waals surface area contributed by atoms with Crippen molar-refractivity contribution >= 4 is 17.8 Å². The van der Waals surface area contributed by atoms with E-state index in [-0.39, 0.29) is 17.9 Å². The Morgan fingerprint density at radius 2 is 1.96 bits per heavy atom. The van der Waals surface area contributed by atoms with Crippen LogP contribution in [0.15, 0.2) is 12.4 Å². The lowest BCUT2D eigenvalue weighted by atomic mass is 9.97. The number of nitrogens with two attached hydrogens (primary N) is 1. The lowest BCUT2D eigenvalue weighted by Gasteiger charge is -2.40. The second kappa shape index (κ2) is 6.62. The van der Waals surface area contributed by atoms with E-state index >= 15 is 0 Å². The predicted octanol–water partition coefficient (Wildman–Crippen LogP) is 0.484. The Morgan fingerprint density at radius 1 is 1.22 bits per heavy atom. The van der Waals surface area contributed by atoms with E-state index in [1.54, 1.807) is 22.2 Å². The number of anilines is 1. The predicted molar refractivity (Wildman–Crippen MR) is 85.7 cm³/mol. The first-order valence-corrected chi connectivity index (χ1v) is 8.27. The molecule has 2 unspecified atom stereocenters. The highest BCUT2D eigenvalue weighted by Crippen LogP contribution is 2.24. The van der Waals surface area contributed by atoms with E-state index in [2.05, 4.69) is 9.97 Å². The summed E-state index contributed by atoms with van der Waals surface area (Å²) in [4.78, 5) is 36.6. The zero-order valence-corrected chi connectivity index (χ0v) is 13.4. The molecule has 0 spiro atoms. The third-order valence-electron chi connectivity index (χ3n) is 4.69. The summed E-state index contributed by atoms with van der Waals surface area (Å²) in [6, 6.07) is -0.464. The molecule has 0 saturated carbocycles. The molecular weight excluding hydrogens is 294 g/mol. The van der Waals surface area contributed by atoms with E-state index in [1.165, 1.54) is 0 Å². The van der Waals surface area contributed by atoms with Crippen LogP contribution >= 0.6 is 0 Å². The van der Waals surface area contributed by atoms with Gasteiger partial charge >= 0.3 is 0 Å². The number of hydrogen-bond acceptors (Lipinski definition) is 5. The molecule has 2 atom stereocenters. The van der Waals surface area contributed by atoms with Gasteiger partial charge in [-0.15, -0.1) is 0 Å². The molecule has 2 aliphatic rings. The summed E-state index contributed by atoms with van der Waals surface area (Å²) in [5.74, 6) is 0.399. The molecule has 7 heteroatoms. The van der Waals surface area contributed by atoms with Gasteiger partial charge in [-0.25, -0.2) is 9.97 Å². The number of hydrogen-bond donors (Lipinski definition) is 1. The van der Waals surface area contributed by atoms with Gasteiger partial charge in [0, 0.05) is 37.9 Å². The fraction of sp³-hybridized carbons (Fsp3) is 0.625. The second-order valence-electron chi connectivity index (χ2n) is 6.22. The summed E-state index contributed by atoms with van der Waals surface area (Å²) in [5.41, 5.74) is 6.89. The first-order valence-electron chi connectivity index (χ1n) is 8.27. The molecule has 2 aliphatic heterocycles. The van der Waals surface area contributed by atoms with Gasteiger partial charge in [0.05, 0.1) is 6.04 Å². The Morgan fingerprint density at radius 3 is 2.61 bits per heavy atom. The Balaban J connectivity index is 1.67. The molecule has 23 heavy (non-hydrogen) atoms. The summed E-state index contributed by atoms with van der Waals surface area (Å²) in [5, 5.41) is 0. The highest BCUT2D eigenvalue weighted by atomic mass is 16.2. The van der Waals surface area contributed by atoms with Crippen molar-refractivity contribution in [2.75, 3.05) is 18.0 Å². The molecule has 0 radical (unpaired) electrons. The van der Waals surface area contributed by atoms with E-state index in [0.717, 1.165) is 31.2 Å². The zero-order valence-electron chi connectivity index (χ0n) is 13.4. The van der Waals surface area contributed by atoms with Gasteiger partial charge in [0.25, 0.3) is 0 Å². The van der Waals surface area contributed by atoms with Crippen molar-refractivity contribution in [2.24, 2.45) is 5.73 Å². The number of likely N-dealkylation sites (tertiary alicyclic amines) is 1. The van der Waals surface area contributed by atoms with Gasteiger partial charge in [0.2, 0.25) is 17.8 Å². The lowest BCUT2D eigenvalue weighted by Crippen LogP contribution is -2.56. The largest absolute Gasteiger partial charge is 0.338 e. The molecule has 0 aromatic carbocycles. The van der Waals surface area contributed by atoms with Crippen molar-refractivity contribution in [3.63, 3.8) is 0 Å². The Labute approximate surface area is 135 Å². The van der Waals surface area contributed by atoms with Crippen LogP contribution in [-0.4, -0.2) is 51.9 Å². The monoisotopic (exact) mass is 317 g/mol. The highest BCUT2D eigenvalue weighted by Gasteiger charge is 2.36. The van der Waals surface area contributed by atoms with Crippen LogP contribution in [0.2, 0.25) is 0 Å². The maximum absolute atomic E-state index is 12.5. The number of carbonyl (C=O) groups excluding carboxylic acids is 2. The Kier molecular flexibility index (Phi) is 4.56. The molecule has 0 aliphatic carbocycles. The van der Waals surface area contributed by atoms with Crippen molar-refractivity contribution in [2.45, 2.75) is 51.1 Å². The van der Waals surface area contributed by atoms with Crippen LogP contribution in [0.4, 0.5) is 5.95 Å². The van der Waals surface area contributed by atoms with Gasteiger partial charge < -0.3 is 10.6 Å². The van der Waals surface area contributed by atoms with Crippen molar-refractivity contribution in [3.8, 4) is 0 Å². The quantitative estimate of drug-likeness (QED) is 0.875. The molecule has 0 bridgehead atoms. The average molecular weight is 317 g/mol. The van der Waals surface area contributed by atoms with E-state index in [9.17, 15) is 9.59 Å². The Hall–Kier alpha value is -2.02. The molecule has 3 heterocycles. The highest BCUT2D eigenvalue weighted by molar-refractivity contribution is 5.93. The number of rotatable bonds is 3. The van der Waals surface area contributed by atoms with Gasteiger partial charge in [-0.1, -0.05) is 6.92 Å². The van der Waals surface area contributed by atoms with Crippen LogP contribution in [0.5, 0.6) is 0 Å². The first kappa shape index (κ1) is 15.9. The molecule has 2 amide bonds. The number of aryl methyl sites for hydroxylation is 1. The molecule has 2 saturated heterocycles. The van der Waals surface area contributed by atoms with Crippen LogP contribution < -0.4 is 10.6 Å². The number of nitrogens with zero attached hydrogens (tertiary/aromatic N) is 4. The molecule has 2 N–H and O–H groups in total. The van der Waals surface area contributed by atoms with E-state index < -0.39 is 6.04 Å². The van der Waals surface area contributed by atoms with Gasteiger partial charge in [0.1, 0.15) is 0 Å². The van der Waals surface area contributed by atoms with Crippen LogP contribution in [0, 0.1) is 0 Å². The normalized spacial score (nSPS) is 25.8. The molecular formula is C16H23N5O2. The van der Waals surface area contributed by atoms with E-state index in [0.29, 0.717) is 25.5 Å². The summed E-state index contributed by atoms with van der Waals surface area (Å²) in [7, 11) is 0. The third kappa shape index (κ3) is 3.19. The van der Waals surface area contributed by atoms with Crippen molar-refractivity contribution in [3.05, 3.63) is 18.0 Å². The number of aromatic nitrogens is 2. The zero-order chi connectivity index (χ0) is 16.4. The molecule has 2 fully saturated rings. The van der Waals surface area contributed by atoms with Gasteiger partial charge in [-0.2, -0.15) is 0 Å².